The lowest BCUT2D eigenvalue weighted by Crippen LogP contribution is -2.04. The first-order chi connectivity index (χ1) is 8.70. The molecule has 0 amide bonds. The third kappa shape index (κ3) is 2.92. The van der Waals surface area contributed by atoms with Crippen molar-refractivity contribution in [3.8, 4) is 0 Å². The quantitative estimate of drug-likeness (QED) is 0.829. The van der Waals surface area contributed by atoms with Crippen molar-refractivity contribution in [1.82, 2.24) is 0 Å². The number of para-hydroxylation sites is 1. The van der Waals surface area contributed by atoms with Gasteiger partial charge in [0.1, 0.15) is 0 Å². The summed E-state index contributed by atoms with van der Waals surface area (Å²) in [4.78, 5) is 0. The molecule has 94 valence electrons. The monoisotopic (exact) mass is 239 g/mol. The van der Waals surface area contributed by atoms with E-state index in [0.29, 0.717) is 0 Å². The van der Waals surface area contributed by atoms with Crippen molar-refractivity contribution in [3.05, 3.63) is 64.7 Å². The molecule has 18 heavy (non-hydrogen) atoms. The molecule has 0 saturated carbocycles. The third-order valence-electron chi connectivity index (χ3n) is 3.33. The van der Waals surface area contributed by atoms with Crippen molar-refractivity contribution < 1.29 is 0 Å². The van der Waals surface area contributed by atoms with E-state index >= 15 is 0 Å². The van der Waals surface area contributed by atoms with E-state index < -0.39 is 0 Å². The zero-order chi connectivity index (χ0) is 13.0. The zero-order valence-corrected chi connectivity index (χ0v) is 11.5. The average molecular weight is 239 g/mol. The Balaban J connectivity index is 2.12. The summed E-state index contributed by atoms with van der Waals surface area (Å²) in [5.74, 6) is 0. The highest BCUT2D eigenvalue weighted by atomic mass is 14.9. The molecule has 0 aliphatic heterocycles. The summed E-state index contributed by atoms with van der Waals surface area (Å²) in [6, 6.07) is 15.2. The molecule has 2 rings (SSSR count). The van der Waals surface area contributed by atoms with E-state index in [1.165, 1.54) is 27.9 Å². The predicted molar refractivity (Wildman–Crippen MR) is 79.1 cm³/mol. The maximum absolute atomic E-state index is 3.57. The Morgan fingerprint density at radius 3 is 2.33 bits per heavy atom. The van der Waals surface area contributed by atoms with E-state index in [0.717, 1.165) is 13.0 Å². The number of hydrogen-bond donors (Lipinski definition) is 1. The third-order valence-corrected chi connectivity index (χ3v) is 3.33. The molecule has 0 saturated heterocycles. The lowest BCUT2D eigenvalue weighted by atomic mass is 10.1. The van der Waals surface area contributed by atoms with Crippen molar-refractivity contribution in [2.75, 3.05) is 5.32 Å². The Bertz CT molecular complexity index is 512. The minimum atomic E-state index is 0.887. The molecule has 1 nitrogen and oxygen atoms in total. The van der Waals surface area contributed by atoms with Crippen molar-refractivity contribution in [3.63, 3.8) is 0 Å². The predicted octanol–water partition coefficient (Wildman–Crippen LogP) is 4.48. The lowest BCUT2D eigenvalue weighted by molar-refractivity contribution is 1.08. The van der Waals surface area contributed by atoms with Gasteiger partial charge in [-0.15, -0.1) is 0 Å². The molecule has 2 aromatic rings. The summed E-state index contributed by atoms with van der Waals surface area (Å²) in [6.45, 7) is 7.37. The van der Waals surface area contributed by atoms with Gasteiger partial charge in [-0.25, -0.2) is 0 Å². The second kappa shape index (κ2) is 5.72. The molecule has 0 fully saturated rings. The largest absolute Gasteiger partial charge is 0.381 e. The van der Waals surface area contributed by atoms with Crippen LogP contribution in [0.2, 0.25) is 0 Å². The standard InChI is InChI=1S/C17H21N/c1-4-16-7-5-6-14(3)17(16)18-12-15-10-8-13(2)9-11-15/h5-11,18H,4,12H2,1-3H3. The van der Waals surface area contributed by atoms with Gasteiger partial charge in [0.15, 0.2) is 0 Å². The zero-order valence-electron chi connectivity index (χ0n) is 11.5. The van der Waals surface area contributed by atoms with E-state index in [4.69, 9.17) is 0 Å². The van der Waals surface area contributed by atoms with Crippen LogP contribution in [0.25, 0.3) is 0 Å². The maximum Gasteiger partial charge on any atom is 0.0404 e. The molecule has 1 heteroatoms. The van der Waals surface area contributed by atoms with Gasteiger partial charge in [-0.05, 0) is 37.0 Å². The maximum atomic E-state index is 3.57. The van der Waals surface area contributed by atoms with Crippen LogP contribution in [0.15, 0.2) is 42.5 Å². The van der Waals surface area contributed by atoms with Gasteiger partial charge in [0.05, 0.1) is 0 Å². The molecule has 0 heterocycles. The highest BCUT2D eigenvalue weighted by molar-refractivity contribution is 5.57. The van der Waals surface area contributed by atoms with Crippen LogP contribution in [-0.4, -0.2) is 0 Å². The molecular formula is C17H21N. The topological polar surface area (TPSA) is 12.0 Å². The van der Waals surface area contributed by atoms with Gasteiger partial charge < -0.3 is 5.32 Å². The summed E-state index contributed by atoms with van der Waals surface area (Å²) in [5, 5.41) is 3.57. The van der Waals surface area contributed by atoms with Gasteiger partial charge in [-0.3, -0.25) is 0 Å². The Morgan fingerprint density at radius 2 is 1.67 bits per heavy atom. The molecule has 0 spiro atoms. The molecule has 0 bridgehead atoms. The second-order valence-corrected chi connectivity index (χ2v) is 4.80. The van der Waals surface area contributed by atoms with Crippen LogP contribution in [-0.2, 0) is 13.0 Å². The minimum Gasteiger partial charge on any atom is -0.381 e. The van der Waals surface area contributed by atoms with Gasteiger partial charge in [-0.1, -0.05) is 55.0 Å². The fourth-order valence-electron chi connectivity index (χ4n) is 2.17. The van der Waals surface area contributed by atoms with E-state index in [1.807, 2.05) is 0 Å². The second-order valence-electron chi connectivity index (χ2n) is 4.80. The number of anilines is 1. The molecule has 0 unspecified atom stereocenters. The lowest BCUT2D eigenvalue weighted by Gasteiger charge is -2.14. The molecule has 2 aromatic carbocycles. The Kier molecular flexibility index (Phi) is 4.03. The molecule has 0 aromatic heterocycles. The fourth-order valence-corrected chi connectivity index (χ4v) is 2.17. The van der Waals surface area contributed by atoms with Crippen molar-refractivity contribution in [2.45, 2.75) is 33.7 Å². The first-order valence-electron chi connectivity index (χ1n) is 6.58. The molecular weight excluding hydrogens is 218 g/mol. The number of nitrogens with one attached hydrogen (secondary N) is 1. The van der Waals surface area contributed by atoms with E-state index in [-0.39, 0.29) is 0 Å². The summed E-state index contributed by atoms with van der Waals surface area (Å²) >= 11 is 0. The van der Waals surface area contributed by atoms with Crippen LogP contribution in [0.1, 0.15) is 29.2 Å². The first-order valence-corrected chi connectivity index (χ1v) is 6.58. The number of benzene rings is 2. The van der Waals surface area contributed by atoms with Gasteiger partial charge in [-0.2, -0.15) is 0 Å². The first kappa shape index (κ1) is 12.7. The Morgan fingerprint density at radius 1 is 0.944 bits per heavy atom. The number of rotatable bonds is 4. The van der Waals surface area contributed by atoms with Gasteiger partial charge in [0.25, 0.3) is 0 Å². The van der Waals surface area contributed by atoms with Gasteiger partial charge in [0, 0.05) is 12.2 Å². The van der Waals surface area contributed by atoms with Crippen LogP contribution in [0, 0.1) is 13.8 Å². The van der Waals surface area contributed by atoms with Crippen LogP contribution in [0.5, 0.6) is 0 Å². The highest BCUT2D eigenvalue weighted by Crippen LogP contribution is 2.21. The summed E-state index contributed by atoms with van der Waals surface area (Å²) in [6.07, 6.45) is 1.07. The fraction of sp³-hybridized carbons (Fsp3) is 0.294. The summed E-state index contributed by atoms with van der Waals surface area (Å²) < 4.78 is 0. The van der Waals surface area contributed by atoms with Crippen LogP contribution >= 0.6 is 0 Å². The molecule has 0 aliphatic carbocycles. The van der Waals surface area contributed by atoms with E-state index in [9.17, 15) is 0 Å². The van der Waals surface area contributed by atoms with E-state index in [1.54, 1.807) is 0 Å². The molecule has 0 radical (unpaired) electrons. The highest BCUT2D eigenvalue weighted by Gasteiger charge is 2.03. The van der Waals surface area contributed by atoms with Crippen LogP contribution in [0.3, 0.4) is 0 Å². The minimum absolute atomic E-state index is 0.887. The molecule has 0 aliphatic rings. The summed E-state index contributed by atoms with van der Waals surface area (Å²) in [7, 11) is 0. The van der Waals surface area contributed by atoms with Crippen molar-refractivity contribution in [2.24, 2.45) is 0 Å². The molecule has 1 N–H and O–H groups in total. The number of aryl methyl sites for hydroxylation is 3. The normalized spacial score (nSPS) is 10.4. The van der Waals surface area contributed by atoms with Crippen LogP contribution in [0.4, 0.5) is 5.69 Å². The summed E-state index contributed by atoms with van der Waals surface area (Å²) in [5.41, 5.74) is 6.64. The van der Waals surface area contributed by atoms with Crippen molar-refractivity contribution >= 4 is 5.69 Å². The smallest absolute Gasteiger partial charge is 0.0404 e. The molecule has 0 atom stereocenters. The van der Waals surface area contributed by atoms with Gasteiger partial charge >= 0.3 is 0 Å². The van der Waals surface area contributed by atoms with Crippen LogP contribution < -0.4 is 5.32 Å². The average Bonchev–Trinajstić information content (AvgIpc) is 2.39. The van der Waals surface area contributed by atoms with Crippen molar-refractivity contribution in [1.29, 1.82) is 0 Å². The SMILES string of the molecule is CCc1cccc(C)c1NCc1ccc(C)cc1. The van der Waals surface area contributed by atoms with Gasteiger partial charge in [0.2, 0.25) is 0 Å². The Labute approximate surface area is 110 Å². The Hall–Kier alpha value is -1.76. The van der Waals surface area contributed by atoms with E-state index in [2.05, 4.69) is 68.6 Å². The number of hydrogen-bond acceptors (Lipinski definition) is 1.